The lowest BCUT2D eigenvalue weighted by molar-refractivity contribution is -0.384. The number of rotatable bonds is 5. The van der Waals surface area contributed by atoms with Gasteiger partial charge < -0.3 is 13.9 Å². The number of carbonyl (C=O) groups is 1. The van der Waals surface area contributed by atoms with E-state index in [-0.39, 0.29) is 17.3 Å². The third kappa shape index (κ3) is 3.77. The van der Waals surface area contributed by atoms with Crippen LogP contribution in [0.5, 0.6) is 5.75 Å². The molecule has 1 aliphatic heterocycles. The van der Waals surface area contributed by atoms with Gasteiger partial charge in [0.1, 0.15) is 17.3 Å². The largest absolute Gasteiger partial charge is 0.497 e. The van der Waals surface area contributed by atoms with Gasteiger partial charge in [-0.2, -0.15) is 0 Å². The molecule has 0 atom stereocenters. The highest BCUT2D eigenvalue weighted by Crippen LogP contribution is 2.27. The first-order valence-electron chi connectivity index (χ1n) is 8.55. The molecule has 8 heteroatoms. The zero-order valence-electron chi connectivity index (χ0n) is 15.2. The van der Waals surface area contributed by atoms with Crippen LogP contribution >= 0.6 is 0 Å². The molecule has 0 aliphatic carbocycles. The second-order valence-corrected chi connectivity index (χ2v) is 6.07. The summed E-state index contributed by atoms with van der Waals surface area (Å²) in [6.45, 7) is 0. The van der Waals surface area contributed by atoms with Crippen LogP contribution in [0.25, 0.3) is 17.4 Å². The number of ether oxygens (including phenoxy) is 2. The maximum absolute atomic E-state index is 12.1. The number of aliphatic imine (C=N–C) groups is 1. The predicted octanol–water partition coefficient (Wildman–Crippen LogP) is 4.21. The summed E-state index contributed by atoms with van der Waals surface area (Å²) in [6.07, 6.45) is 1.48. The number of nitro benzene ring substituents is 1. The Kier molecular flexibility index (Phi) is 4.66. The molecule has 29 heavy (non-hydrogen) atoms. The number of furan rings is 1. The Morgan fingerprint density at radius 1 is 1.00 bits per heavy atom. The predicted molar refractivity (Wildman–Crippen MR) is 104 cm³/mol. The second-order valence-electron chi connectivity index (χ2n) is 6.07. The molecule has 0 bridgehead atoms. The lowest BCUT2D eigenvalue weighted by Gasteiger charge is -2.01. The molecule has 0 radical (unpaired) electrons. The number of benzene rings is 2. The van der Waals surface area contributed by atoms with Crippen LogP contribution < -0.4 is 4.74 Å². The van der Waals surface area contributed by atoms with Crippen molar-refractivity contribution in [1.82, 2.24) is 0 Å². The number of nitrogens with zero attached hydrogens (tertiary/aromatic N) is 2. The maximum atomic E-state index is 12.1. The van der Waals surface area contributed by atoms with Crippen LogP contribution in [0.15, 0.2) is 75.8 Å². The number of nitro groups is 1. The van der Waals surface area contributed by atoms with Gasteiger partial charge >= 0.3 is 5.97 Å². The van der Waals surface area contributed by atoms with Gasteiger partial charge in [-0.3, -0.25) is 10.1 Å². The fraction of sp³-hybridized carbons (Fsp3) is 0.0476. The first-order valence-corrected chi connectivity index (χ1v) is 8.55. The van der Waals surface area contributed by atoms with Crippen LogP contribution in [0.4, 0.5) is 5.69 Å². The van der Waals surface area contributed by atoms with Crippen LogP contribution in [-0.4, -0.2) is 23.9 Å². The normalized spacial score (nSPS) is 14.6. The Morgan fingerprint density at radius 3 is 2.34 bits per heavy atom. The minimum atomic E-state index is -0.580. The maximum Gasteiger partial charge on any atom is 0.363 e. The van der Waals surface area contributed by atoms with Crippen molar-refractivity contribution in [2.24, 2.45) is 4.99 Å². The van der Waals surface area contributed by atoms with Gasteiger partial charge in [0.15, 0.2) is 5.70 Å². The van der Waals surface area contributed by atoms with Gasteiger partial charge in [0.05, 0.1) is 12.0 Å². The quantitative estimate of drug-likeness (QED) is 0.280. The highest BCUT2D eigenvalue weighted by molar-refractivity contribution is 6.12. The van der Waals surface area contributed by atoms with E-state index >= 15 is 0 Å². The molecule has 1 aromatic heterocycles. The molecule has 1 aliphatic rings. The molecule has 0 N–H and O–H groups in total. The van der Waals surface area contributed by atoms with E-state index in [2.05, 4.69) is 4.99 Å². The SMILES string of the molecule is COc1ccc(C2=N/C(=C\c3ccc(-c4ccc([N+](=O)[O-])cc4)o3)C(=O)O2)cc1. The molecule has 0 spiro atoms. The smallest absolute Gasteiger partial charge is 0.363 e. The molecule has 0 fully saturated rings. The third-order valence-electron chi connectivity index (χ3n) is 4.23. The molecule has 3 aromatic rings. The van der Waals surface area contributed by atoms with Crippen molar-refractivity contribution >= 4 is 23.6 Å². The van der Waals surface area contributed by atoms with Crippen molar-refractivity contribution in [2.75, 3.05) is 7.11 Å². The summed E-state index contributed by atoms with van der Waals surface area (Å²) < 4.78 is 16.0. The molecular formula is C21H14N2O6. The first-order chi connectivity index (χ1) is 14.0. The molecule has 2 heterocycles. The van der Waals surface area contributed by atoms with Crippen LogP contribution in [0.3, 0.4) is 0 Å². The Balaban J connectivity index is 1.56. The van der Waals surface area contributed by atoms with E-state index in [1.807, 2.05) is 0 Å². The van der Waals surface area contributed by atoms with Crippen molar-refractivity contribution in [3.05, 3.63) is 87.8 Å². The zero-order valence-corrected chi connectivity index (χ0v) is 15.2. The summed E-state index contributed by atoms with van der Waals surface area (Å²) >= 11 is 0. The summed E-state index contributed by atoms with van der Waals surface area (Å²) in [7, 11) is 1.57. The van der Waals surface area contributed by atoms with E-state index in [1.54, 1.807) is 55.6 Å². The molecule has 8 nitrogen and oxygen atoms in total. The van der Waals surface area contributed by atoms with Crippen LogP contribution in [-0.2, 0) is 9.53 Å². The number of esters is 1. The third-order valence-corrected chi connectivity index (χ3v) is 4.23. The molecule has 0 saturated carbocycles. The number of hydrogen-bond acceptors (Lipinski definition) is 7. The van der Waals surface area contributed by atoms with Gasteiger partial charge in [0.2, 0.25) is 5.90 Å². The number of methoxy groups -OCH3 is 1. The van der Waals surface area contributed by atoms with E-state index in [0.717, 1.165) is 0 Å². The van der Waals surface area contributed by atoms with E-state index in [1.165, 1.54) is 18.2 Å². The Morgan fingerprint density at radius 2 is 1.69 bits per heavy atom. The van der Waals surface area contributed by atoms with E-state index < -0.39 is 10.9 Å². The Bertz CT molecular complexity index is 1140. The fourth-order valence-electron chi connectivity index (χ4n) is 2.73. The van der Waals surface area contributed by atoms with Crippen LogP contribution in [0.2, 0.25) is 0 Å². The lowest BCUT2D eigenvalue weighted by Crippen LogP contribution is -2.05. The van der Waals surface area contributed by atoms with Gasteiger partial charge in [-0.1, -0.05) is 0 Å². The minimum Gasteiger partial charge on any atom is -0.497 e. The van der Waals surface area contributed by atoms with Gasteiger partial charge in [0.25, 0.3) is 5.69 Å². The van der Waals surface area contributed by atoms with Gasteiger partial charge in [-0.15, -0.1) is 0 Å². The van der Waals surface area contributed by atoms with Gasteiger partial charge in [-0.25, -0.2) is 9.79 Å². The summed E-state index contributed by atoms with van der Waals surface area (Å²) in [6, 6.07) is 16.4. The highest BCUT2D eigenvalue weighted by atomic mass is 16.6. The second kappa shape index (κ2) is 7.43. The fourth-order valence-corrected chi connectivity index (χ4v) is 2.73. The lowest BCUT2D eigenvalue weighted by atomic mass is 10.1. The molecule has 144 valence electrons. The highest BCUT2D eigenvalue weighted by Gasteiger charge is 2.24. The molecule has 2 aromatic carbocycles. The van der Waals surface area contributed by atoms with E-state index in [4.69, 9.17) is 13.9 Å². The van der Waals surface area contributed by atoms with Crippen molar-refractivity contribution in [3.63, 3.8) is 0 Å². The van der Waals surface area contributed by atoms with Crippen LogP contribution in [0, 0.1) is 10.1 Å². The van der Waals surface area contributed by atoms with Gasteiger partial charge in [0, 0.05) is 29.3 Å². The minimum absolute atomic E-state index is 0.00301. The number of hydrogen-bond donors (Lipinski definition) is 0. The standard InChI is InChI=1S/C21H14N2O6/c1-27-16-8-4-14(5-9-16)20-22-18(21(24)29-20)12-17-10-11-19(28-17)13-2-6-15(7-3-13)23(25)26/h2-12H,1H3/b18-12-. The molecule has 4 rings (SSSR count). The molecule has 0 unspecified atom stereocenters. The topological polar surface area (TPSA) is 104 Å². The Labute approximate surface area is 164 Å². The summed E-state index contributed by atoms with van der Waals surface area (Å²) in [5, 5.41) is 10.7. The monoisotopic (exact) mass is 390 g/mol. The van der Waals surface area contributed by atoms with E-state index in [9.17, 15) is 14.9 Å². The average Bonchev–Trinajstić information content (AvgIpc) is 3.35. The average molecular weight is 390 g/mol. The summed E-state index contributed by atoms with van der Waals surface area (Å²) in [5.74, 6) is 1.22. The van der Waals surface area contributed by atoms with Crippen LogP contribution in [0.1, 0.15) is 11.3 Å². The molecule has 0 amide bonds. The molecule has 0 saturated heterocycles. The number of cyclic esters (lactones) is 1. The Hall–Kier alpha value is -4.20. The van der Waals surface area contributed by atoms with Crippen molar-refractivity contribution in [1.29, 1.82) is 0 Å². The van der Waals surface area contributed by atoms with E-state index in [0.29, 0.717) is 28.4 Å². The number of non-ortho nitro benzene ring substituents is 1. The zero-order chi connectivity index (χ0) is 20.4. The van der Waals surface area contributed by atoms with Gasteiger partial charge in [-0.05, 0) is 48.5 Å². The first kappa shape index (κ1) is 18.2. The van der Waals surface area contributed by atoms with Crippen molar-refractivity contribution in [2.45, 2.75) is 0 Å². The van der Waals surface area contributed by atoms with Crippen molar-refractivity contribution in [3.8, 4) is 17.1 Å². The molecular weight excluding hydrogens is 376 g/mol. The van der Waals surface area contributed by atoms with Crippen molar-refractivity contribution < 1.29 is 23.6 Å². The summed E-state index contributed by atoms with van der Waals surface area (Å²) in [5.41, 5.74) is 1.43. The number of carbonyl (C=O) groups excluding carboxylic acids is 1. The summed E-state index contributed by atoms with van der Waals surface area (Å²) in [4.78, 5) is 26.6.